The molecule has 180 valence electrons. The first-order valence-electron chi connectivity index (χ1n) is 10.7. The first kappa shape index (κ1) is 26.1. The minimum absolute atomic E-state index is 0.0757. The highest BCUT2D eigenvalue weighted by Gasteiger charge is 2.34. The predicted molar refractivity (Wildman–Crippen MR) is 128 cm³/mol. The lowest BCUT2D eigenvalue weighted by molar-refractivity contribution is -0.147. The molecule has 1 fully saturated rings. The molecule has 1 saturated heterocycles. The van der Waals surface area contributed by atoms with Crippen molar-refractivity contribution in [1.29, 1.82) is 0 Å². The zero-order chi connectivity index (χ0) is 24.4. The Morgan fingerprint density at radius 3 is 2.67 bits per heavy atom. The number of thiocarbonyl (C=S) groups is 1. The number of esters is 1. The second-order valence-electron chi connectivity index (χ2n) is 7.85. The molecule has 1 aliphatic heterocycles. The second kappa shape index (κ2) is 12.8. The Bertz CT molecular complexity index is 902. The number of hydrogen-bond donors (Lipinski definition) is 2. The van der Waals surface area contributed by atoms with Gasteiger partial charge in [0, 0.05) is 19.2 Å². The molecule has 1 aromatic rings. The van der Waals surface area contributed by atoms with Crippen molar-refractivity contribution in [2.45, 2.75) is 32.7 Å². The minimum atomic E-state index is -0.840. The molecule has 10 heteroatoms. The number of hydrogen-bond acceptors (Lipinski definition) is 7. The average molecular weight is 478 g/mol. The molecule has 1 atom stereocenters. The lowest BCUT2D eigenvalue weighted by Gasteiger charge is -2.36. The van der Waals surface area contributed by atoms with E-state index in [0.717, 1.165) is 12.0 Å². The van der Waals surface area contributed by atoms with Crippen LogP contribution in [0, 0.1) is 5.92 Å². The third-order valence-corrected chi connectivity index (χ3v) is 5.31. The molecule has 2 amide bonds. The number of nitrogens with one attached hydrogen (secondary N) is 2. The van der Waals surface area contributed by atoms with E-state index < -0.39 is 17.9 Å². The van der Waals surface area contributed by atoms with Crippen LogP contribution in [-0.2, 0) is 19.1 Å². The molecule has 9 nitrogen and oxygen atoms in total. The Kier molecular flexibility index (Phi) is 10.1. The first-order chi connectivity index (χ1) is 15.7. The maximum Gasteiger partial charge on any atom is 0.308 e. The van der Waals surface area contributed by atoms with E-state index in [4.69, 9.17) is 26.4 Å². The van der Waals surface area contributed by atoms with E-state index in [9.17, 15) is 14.4 Å². The summed E-state index contributed by atoms with van der Waals surface area (Å²) < 4.78 is 15.7. The topological polar surface area (TPSA) is 106 Å². The standard InChI is InChI=1S/C23H31N3O6S/c1-15(2)9-12-32-21(28)14-17-22(29)24-10-11-26(17)23(33)25-20(27)8-6-16-5-7-18(30-3)19(13-16)31-4/h5-8,13,15,17H,9-12,14H2,1-4H3,(H,24,29)(H,25,27,33)/b8-6+. The molecule has 0 aromatic heterocycles. The summed E-state index contributed by atoms with van der Waals surface area (Å²) in [5.74, 6) is 0.251. The van der Waals surface area contributed by atoms with Crippen molar-refractivity contribution < 1.29 is 28.6 Å². The van der Waals surface area contributed by atoms with Crippen molar-refractivity contribution in [3.05, 3.63) is 29.8 Å². The van der Waals surface area contributed by atoms with Crippen LogP contribution in [0.15, 0.2) is 24.3 Å². The average Bonchev–Trinajstić information content (AvgIpc) is 2.78. The highest BCUT2D eigenvalue weighted by molar-refractivity contribution is 7.80. The SMILES string of the molecule is COc1ccc(/C=C/C(=O)NC(=S)N2CCNC(=O)C2CC(=O)OCCC(C)C)cc1OC. The molecular formula is C23H31N3O6S. The number of benzene rings is 1. The zero-order valence-electron chi connectivity index (χ0n) is 19.4. The first-order valence-corrected chi connectivity index (χ1v) is 11.1. The fourth-order valence-electron chi connectivity index (χ4n) is 3.13. The molecule has 33 heavy (non-hydrogen) atoms. The van der Waals surface area contributed by atoms with Crippen molar-refractivity contribution in [2.24, 2.45) is 5.92 Å². The van der Waals surface area contributed by atoms with E-state index in [0.29, 0.717) is 37.1 Å². The van der Waals surface area contributed by atoms with Crippen LogP contribution in [0.3, 0.4) is 0 Å². The largest absolute Gasteiger partial charge is 0.493 e. The van der Waals surface area contributed by atoms with Gasteiger partial charge in [-0.2, -0.15) is 0 Å². The van der Waals surface area contributed by atoms with Crippen molar-refractivity contribution in [1.82, 2.24) is 15.5 Å². The highest BCUT2D eigenvalue weighted by Crippen LogP contribution is 2.27. The lowest BCUT2D eigenvalue weighted by Crippen LogP contribution is -2.60. The molecule has 2 rings (SSSR count). The molecule has 0 radical (unpaired) electrons. The summed E-state index contributed by atoms with van der Waals surface area (Å²) in [6.07, 6.45) is 3.52. The number of ether oxygens (including phenoxy) is 3. The third-order valence-electron chi connectivity index (χ3n) is 4.97. The Hall–Kier alpha value is -3.14. The van der Waals surface area contributed by atoms with Crippen LogP contribution in [0.5, 0.6) is 11.5 Å². The summed E-state index contributed by atoms with van der Waals surface area (Å²) in [5.41, 5.74) is 0.730. The summed E-state index contributed by atoms with van der Waals surface area (Å²) in [6, 6.07) is 4.40. The Labute approximate surface area is 199 Å². The Morgan fingerprint density at radius 1 is 1.27 bits per heavy atom. The van der Waals surface area contributed by atoms with Gasteiger partial charge in [-0.1, -0.05) is 19.9 Å². The maximum absolute atomic E-state index is 12.4. The van der Waals surface area contributed by atoms with Crippen LogP contribution < -0.4 is 20.1 Å². The van der Waals surface area contributed by atoms with Crippen LogP contribution in [0.25, 0.3) is 6.08 Å². The minimum Gasteiger partial charge on any atom is -0.493 e. The Balaban J connectivity index is 1.98. The Morgan fingerprint density at radius 2 is 2.00 bits per heavy atom. The molecule has 0 spiro atoms. The van der Waals surface area contributed by atoms with Gasteiger partial charge in [-0.3, -0.25) is 19.7 Å². The molecular weight excluding hydrogens is 446 g/mol. The molecule has 1 aromatic carbocycles. The normalized spacial score (nSPS) is 15.8. The van der Waals surface area contributed by atoms with Gasteiger partial charge in [-0.05, 0) is 48.3 Å². The molecule has 0 saturated carbocycles. The highest BCUT2D eigenvalue weighted by atomic mass is 32.1. The van der Waals surface area contributed by atoms with E-state index in [1.165, 1.54) is 13.2 Å². The van der Waals surface area contributed by atoms with Crippen LogP contribution in [-0.4, -0.2) is 67.8 Å². The third kappa shape index (κ3) is 8.05. The van der Waals surface area contributed by atoms with E-state index >= 15 is 0 Å². The monoisotopic (exact) mass is 477 g/mol. The molecule has 1 heterocycles. The zero-order valence-corrected chi connectivity index (χ0v) is 20.2. The maximum atomic E-state index is 12.4. The molecule has 0 bridgehead atoms. The van der Waals surface area contributed by atoms with Gasteiger partial charge in [0.2, 0.25) is 11.8 Å². The van der Waals surface area contributed by atoms with Gasteiger partial charge < -0.3 is 24.4 Å². The van der Waals surface area contributed by atoms with E-state index in [2.05, 4.69) is 10.6 Å². The second-order valence-corrected chi connectivity index (χ2v) is 8.24. The van der Waals surface area contributed by atoms with E-state index in [-0.39, 0.29) is 17.4 Å². The summed E-state index contributed by atoms with van der Waals surface area (Å²) in [5, 5.41) is 5.39. The summed E-state index contributed by atoms with van der Waals surface area (Å²) in [6.45, 7) is 5.09. The summed E-state index contributed by atoms with van der Waals surface area (Å²) >= 11 is 5.35. The molecule has 2 N–H and O–H groups in total. The van der Waals surface area contributed by atoms with Crippen molar-refractivity contribution >= 4 is 41.2 Å². The van der Waals surface area contributed by atoms with Gasteiger partial charge in [0.1, 0.15) is 6.04 Å². The van der Waals surface area contributed by atoms with Crippen LogP contribution in [0.4, 0.5) is 0 Å². The van der Waals surface area contributed by atoms with Crippen LogP contribution in [0.2, 0.25) is 0 Å². The summed E-state index contributed by atoms with van der Waals surface area (Å²) in [4.78, 5) is 38.5. The molecule has 1 unspecified atom stereocenters. The summed E-state index contributed by atoms with van der Waals surface area (Å²) in [7, 11) is 3.07. The molecule has 0 aliphatic carbocycles. The van der Waals surface area contributed by atoms with Crippen LogP contribution in [0.1, 0.15) is 32.3 Å². The van der Waals surface area contributed by atoms with Gasteiger partial charge in [0.05, 0.1) is 27.2 Å². The van der Waals surface area contributed by atoms with Crippen molar-refractivity contribution in [3.8, 4) is 11.5 Å². The number of amides is 2. The van der Waals surface area contributed by atoms with Gasteiger partial charge in [0.15, 0.2) is 16.6 Å². The van der Waals surface area contributed by atoms with Gasteiger partial charge >= 0.3 is 5.97 Å². The predicted octanol–water partition coefficient (Wildman–Crippen LogP) is 1.90. The lowest BCUT2D eigenvalue weighted by atomic mass is 10.1. The van der Waals surface area contributed by atoms with Gasteiger partial charge in [-0.25, -0.2) is 0 Å². The number of rotatable bonds is 9. The van der Waals surface area contributed by atoms with Gasteiger partial charge in [0.25, 0.3) is 0 Å². The number of nitrogens with zero attached hydrogens (tertiary/aromatic N) is 1. The quantitative estimate of drug-likeness (QED) is 0.316. The van der Waals surface area contributed by atoms with E-state index in [1.807, 2.05) is 13.8 Å². The fraction of sp³-hybridized carbons (Fsp3) is 0.478. The smallest absolute Gasteiger partial charge is 0.308 e. The van der Waals surface area contributed by atoms with Gasteiger partial charge in [-0.15, -0.1) is 0 Å². The number of carbonyl (C=O) groups is 3. The van der Waals surface area contributed by atoms with Crippen molar-refractivity contribution in [3.63, 3.8) is 0 Å². The van der Waals surface area contributed by atoms with E-state index in [1.54, 1.807) is 36.3 Å². The van der Waals surface area contributed by atoms with Crippen molar-refractivity contribution in [2.75, 3.05) is 33.9 Å². The fourth-order valence-corrected chi connectivity index (χ4v) is 3.45. The number of carbonyl (C=O) groups excluding carboxylic acids is 3. The van der Waals surface area contributed by atoms with Crippen LogP contribution >= 0.6 is 12.2 Å². The molecule has 1 aliphatic rings. The number of piperazine rings is 1. The number of methoxy groups -OCH3 is 2.